The van der Waals surface area contributed by atoms with E-state index in [4.69, 9.17) is 9.47 Å². The van der Waals surface area contributed by atoms with Crippen molar-refractivity contribution in [1.29, 1.82) is 5.26 Å². The minimum absolute atomic E-state index is 0.0169. The zero-order valence-electron chi connectivity index (χ0n) is 17.6. The second kappa shape index (κ2) is 6.30. The van der Waals surface area contributed by atoms with E-state index in [9.17, 15) is 10.4 Å². The molecule has 5 rings (SSSR count). The van der Waals surface area contributed by atoms with Crippen LogP contribution in [0.15, 0.2) is 11.6 Å². The lowest BCUT2D eigenvalue weighted by molar-refractivity contribution is -0.219. The van der Waals surface area contributed by atoms with Gasteiger partial charge in [-0.3, -0.25) is 0 Å². The number of aliphatic hydroxyl groups excluding tert-OH is 1. The third-order valence-corrected chi connectivity index (χ3v) is 9.73. The maximum absolute atomic E-state index is 10.2. The molecule has 28 heavy (non-hydrogen) atoms. The smallest absolute Gasteiger partial charge is 0.170 e. The Hall–Kier alpha value is -0.890. The van der Waals surface area contributed by atoms with Crippen LogP contribution in [0.5, 0.6) is 0 Å². The fourth-order valence-electron chi connectivity index (χ4n) is 8.49. The second-order valence-electron chi connectivity index (χ2n) is 10.9. The van der Waals surface area contributed by atoms with E-state index in [1.165, 1.54) is 12.0 Å². The first kappa shape index (κ1) is 19.1. The van der Waals surface area contributed by atoms with E-state index < -0.39 is 5.79 Å². The lowest BCUT2D eigenvalue weighted by Gasteiger charge is -2.58. The van der Waals surface area contributed by atoms with E-state index >= 15 is 0 Å². The van der Waals surface area contributed by atoms with E-state index in [-0.39, 0.29) is 28.8 Å². The molecule has 1 saturated heterocycles. The molecular formula is C24H35NO3. The fourth-order valence-corrected chi connectivity index (χ4v) is 8.49. The van der Waals surface area contributed by atoms with Crippen LogP contribution < -0.4 is 0 Å². The number of hydrogen-bond donors (Lipinski definition) is 1. The van der Waals surface area contributed by atoms with Crippen LogP contribution in [0.25, 0.3) is 0 Å². The Morgan fingerprint density at radius 1 is 1.11 bits per heavy atom. The topological polar surface area (TPSA) is 62.5 Å². The van der Waals surface area contributed by atoms with Crippen LogP contribution in [0.3, 0.4) is 0 Å². The van der Waals surface area contributed by atoms with Crippen LogP contribution >= 0.6 is 0 Å². The predicted octanol–water partition coefficient (Wildman–Crippen LogP) is 4.44. The number of aliphatic hydroxyl groups is 1. The Kier molecular flexibility index (Phi) is 4.30. The highest BCUT2D eigenvalue weighted by atomic mass is 16.7. The van der Waals surface area contributed by atoms with E-state index in [2.05, 4.69) is 32.9 Å². The van der Waals surface area contributed by atoms with Crippen LogP contribution in [0.2, 0.25) is 0 Å². The van der Waals surface area contributed by atoms with Gasteiger partial charge in [-0.05, 0) is 80.5 Å². The van der Waals surface area contributed by atoms with E-state index in [0.29, 0.717) is 31.0 Å². The van der Waals surface area contributed by atoms with Crippen molar-refractivity contribution < 1.29 is 14.6 Å². The summed E-state index contributed by atoms with van der Waals surface area (Å²) in [5, 5.41) is 20.2. The number of nitriles is 1. The zero-order valence-corrected chi connectivity index (χ0v) is 17.6. The van der Waals surface area contributed by atoms with Gasteiger partial charge < -0.3 is 14.6 Å². The first-order chi connectivity index (χ1) is 13.3. The molecule has 0 spiro atoms. The number of rotatable bonds is 1. The van der Waals surface area contributed by atoms with Crippen molar-refractivity contribution in [2.45, 2.75) is 77.6 Å². The summed E-state index contributed by atoms with van der Waals surface area (Å²) in [5.41, 5.74) is 1.86. The SMILES string of the molecule is CC1([C@@H]2[C@H](C#N)C[C@@H]3[C@@H]4CC=C5C[C@H](O)CC[C@]5(C)[C@@H]4CC[C@@]32C)OCCO1. The number of nitrogens with zero attached hydrogens (tertiary/aromatic N) is 1. The molecule has 0 amide bonds. The van der Waals surface area contributed by atoms with Crippen molar-refractivity contribution >= 4 is 0 Å². The van der Waals surface area contributed by atoms with Crippen molar-refractivity contribution in [3.05, 3.63) is 11.6 Å². The molecular weight excluding hydrogens is 350 g/mol. The highest BCUT2D eigenvalue weighted by molar-refractivity contribution is 5.26. The van der Waals surface area contributed by atoms with Crippen molar-refractivity contribution in [3.8, 4) is 6.07 Å². The molecule has 4 heteroatoms. The average Bonchev–Trinajstić information content (AvgIpc) is 3.23. The normalized spacial score (nSPS) is 52.2. The van der Waals surface area contributed by atoms with Crippen LogP contribution in [-0.4, -0.2) is 30.2 Å². The number of hydrogen-bond acceptors (Lipinski definition) is 4. The summed E-state index contributed by atoms with van der Waals surface area (Å²) in [4.78, 5) is 0. The van der Waals surface area contributed by atoms with Gasteiger partial charge in [-0.2, -0.15) is 5.26 Å². The molecule has 8 atom stereocenters. The van der Waals surface area contributed by atoms with Gasteiger partial charge in [-0.1, -0.05) is 25.5 Å². The Balaban J connectivity index is 1.50. The van der Waals surface area contributed by atoms with Gasteiger partial charge in [0.2, 0.25) is 0 Å². The van der Waals surface area contributed by atoms with Crippen molar-refractivity contribution in [3.63, 3.8) is 0 Å². The van der Waals surface area contributed by atoms with Crippen LogP contribution in [0.4, 0.5) is 0 Å². The summed E-state index contributed by atoms with van der Waals surface area (Å²) in [7, 11) is 0. The molecule has 1 N–H and O–H groups in total. The minimum atomic E-state index is -0.606. The molecule has 0 radical (unpaired) electrons. The maximum atomic E-state index is 10.2. The van der Waals surface area contributed by atoms with Crippen LogP contribution in [0.1, 0.15) is 65.7 Å². The molecule has 4 aliphatic carbocycles. The molecule has 0 unspecified atom stereocenters. The predicted molar refractivity (Wildman–Crippen MR) is 106 cm³/mol. The molecule has 0 aromatic heterocycles. The molecule has 3 saturated carbocycles. The van der Waals surface area contributed by atoms with E-state index in [1.54, 1.807) is 0 Å². The minimum Gasteiger partial charge on any atom is -0.393 e. The van der Waals surface area contributed by atoms with Crippen molar-refractivity contribution in [2.24, 2.45) is 40.4 Å². The molecule has 1 aliphatic heterocycles. The summed E-state index contributed by atoms with van der Waals surface area (Å²) in [6.45, 7) is 8.26. The Morgan fingerprint density at radius 3 is 2.57 bits per heavy atom. The summed E-state index contributed by atoms with van der Waals surface area (Å²) >= 11 is 0. The van der Waals surface area contributed by atoms with E-state index in [0.717, 1.165) is 38.5 Å². The summed E-state index contributed by atoms with van der Waals surface area (Å²) < 4.78 is 12.2. The zero-order chi connectivity index (χ0) is 19.7. The maximum Gasteiger partial charge on any atom is 0.170 e. The lowest BCUT2D eigenvalue weighted by atomic mass is 9.47. The second-order valence-corrected chi connectivity index (χ2v) is 10.9. The van der Waals surface area contributed by atoms with Gasteiger partial charge in [0.15, 0.2) is 5.79 Å². The Bertz CT molecular complexity index is 720. The lowest BCUT2D eigenvalue weighted by Crippen LogP contribution is -2.53. The quantitative estimate of drug-likeness (QED) is 0.678. The van der Waals surface area contributed by atoms with Gasteiger partial charge in [0.25, 0.3) is 0 Å². The van der Waals surface area contributed by atoms with Gasteiger partial charge >= 0.3 is 0 Å². The number of allylic oxidation sites excluding steroid dienone is 1. The molecule has 154 valence electrons. The standard InChI is InChI=1S/C24H35NO3/c1-22-8-6-17(26)13-16(22)4-5-18-19(22)7-9-23(2)20(18)12-15(14-25)21(23)24(3)27-10-11-28-24/h4,15,17-21,26H,5-13H2,1-3H3/t15-,17+,18+,19+,20+,21+,22-,23-/m0/s1. The first-order valence-corrected chi connectivity index (χ1v) is 11.4. The van der Waals surface area contributed by atoms with Crippen molar-refractivity contribution in [2.75, 3.05) is 13.2 Å². The highest BCUT2D eigenvalue weighted by Gasteiger charge is 2.66. The van der Waals surface area contributed by atoms with Gasteiger partial charge in [0, 0.05) is 5.92 Å². The molecule has 0 bridgehead atoms. The van der Waals surface area contributed by atoms with Crippen LogP contribution in [0, 0.1) is 51.8 Å². The van der Waals surface area contributed by atoms with Gasteiger partial charge in [-0.25, -0.2) is 0 Å². The fraction of sp³-hybridized carbons (Fsp3) is 0.875. The van der Waals surface area contributed by atoms with Crippen molar-refractivity contribution in [1.82, 2.24) is 0 Å². The number of ether oxygens (including phenoxy) is 2. The number of fused-ring (bicyclic) bond motifs is 5. The summed E-state index contributed by atoms with van der Waals surface area (Å²) in [5.74, 6) is 1.47. The summed E-state index contributed by atoms with van der Waals surface area (Å²) in [6, 6.07) is 2.66. The van der Waals surface area contributed by atoms with Crippen LogP contribution in [-0.2, 0) is 9.47 Å². The molecule has 4 fully saturated rings. The van der Waals surface area contributed by atoms with Gasteiger partial charge in [-0.15, -0.1) is 0 Å². The monoisotopic (exact) mass is 385 g/mol. The molecule has 1 heterocycles. The van der Waals surface area contributed by atoms with Gasteiger partial charge in [0.05, 0.1) is 31.3 Å². The third kappa shape index (κ3) is 2.45. The first-order valence-electron chi connectivity index (χ1n) is 11.4. The summed E-state index contributed by atoms with van der Waals surface area (Å²) in [6.07, 6.45) is 9.72. The van der Waals surface area contributed by atoms with E-state index in [1.807, 2.05) is 0 Å². The van der Waals surface area contributed by atoms with Gasteiger partial charge in [0.1, 0.15) is 0 Å². The highest BCUT2D eigenvalue weighted by Crippen LogP contribution is 2.69. The Labute approximate surface area is 169 Å². The average molecular weight is 386 g/mol. The largest absolute Gasteiger partial charge is 0.393 e. The molecule has 5 aliphatic rings. The molecule has 4 nitrogen and oxygen atoms in total. The Morgan fingerprint density at radius 2 is 1.86 bits per heavy atom. The molecule has 0 aromatic rings. The molecule has 0 aromatic carbocycles. The third-order valence-electron chi connectivity index (χ3n) is 9.73.